The van der Waals surface area contributed by atoms with Crippen LogP contribution in [0, 0.1) is 0 Å². The number of piperidine rings is 1. The van der Waals surface area contributed by atoms with Crippen molar-refractivity contribution >= 4 is 0 Å². The van der Waals surface area contributed by atoms with Gasteiger partial charge in [0.15, 0.2) is 0 Å². The molecule has 0 aromatic carbocycles. The molecule has 17 heavy (non-hydrogen) atoms. The first-order valence-electron chi connectivity index (χ1n) is 7.27. The number of hydrogen-bond donors (Lipinski definition) is 1. The fraction of sp³-hybridized carbons (Fsp3) is 1.00. The van der Waals surface area contributed by atoms with Gasteiger partial charge in [-0.15, -0.1) is 0 Å². The number of nitrogens with zero attached hydrogens (tertiary/aromatic N) is 2. The third-order valence-corrected chi connectivity index (χ3v) is 4.87. The largest absolute Gasteiger partial charge is 0.325 e. The lowest BCUT2D eigenvalue weighted by atomic mass is 9.94. The summed E-state index contributed by atoms with van der Waals surface area (Å²) in [6, 6.07) is 0.788. The van der Waals surface area contributed by atoms with Crippen LogP contribution >= 0.6 is 0 Å². The molecule has 1 aliphatic carbocycles. The summed E-state index contributed by atoms with van der Waals surface area (Å²) in [6.07, 6.45) is 9.01. The highest BCUT2D eigenvalue weighted by Crippen LogP contribution is 2.30. The summed E-state index contributed by atoms with van der Waals surface area (Å²) in [6.45, 7) is 3.69. The molecule has 2 N–H and O–H groups in total. The number of likely N-dealkylation sites (tertiary alicyclic amines) is 1. The summed E-state index contributed by atoms with van der Waals surface area (Å²) < 4.78 is 0. The number of hydrogen-bond acceptors (Lipinski definition) is 3. The minimum Gasteiger partial charge on any atom is -0.325 e. The van der Waals surface area contributed by atoms with Gasteiger partial charge >= 0.3 is 0 Å². The Morgan fingerprint density at radius 2 is 1.82 bits per heavy atom. The van der Waals surface area contributed by atoms with E-state index in [2.05, 4.69) is 23.9 Å². The number of nitrogens with two attached hydrogens (primary N) is 1. The van der Waals surface area contributed by atoms with Crippen molar-refractivity contribution in [1.82, 2.24) is 9.80 Å². The van der Waals surface area contributed by atoms with E-state index in [0.29, 0.717) is 0 Å². The molecule has 0 aromatic rings. The van der Waals surface area contributed by atoms with Gasteiger partial charge in [0.1, 0.15) is 0 Å². The van der Waals surface area contributed by atoms with E-state index >= 15 is 0 Å². The van der Waals surface area contributed by atoms with Crippen LogP contribution in [0.4, 0.5) is 0 Å². The van der Waals surface area contributed by atoms with Crippen molar-refractivity contribution in [3.63, 3.8) is 0 Å². The third kappa shape index (κ3) is 3.67. The second-order valence-electron chi connectivity index (χ2n) is 6.33. The summed E-state index contributed by atoms with van der Waals surface area (Å²) in [5.74, 6) is 0. The Morgan fingerprint density at radius 1 is 1.24 bits per heavy atom. The molecule has 0 spiro atoms. The molecule has 1 saturated heterocycles. The van der Waals surface area contributed by atoms with E-state index < -0.39 is 0 Å². The van der Waals surface area contributed by atoms with E-state index in [0.717, 1.165) is 6.04 Å². The molecule has 3 heteroatoms. The SMILES string of the molecule is CN1CCC(N(C)CCC2(N)CCCC2)CC1. The molecule has 0 unspecified atom stereocenters. The first kappa shape index (κ1) is 13.3. The van der Waals surface area contributed by atoms with Crippen LogP contribution in [0.15, 0.2) is 0 Å². The van der Waals surface area contributed by atoms with Crippen LogP contribution in [0.3, 0.4) is 0 Å². The molecule has 0 bridgehead atoms. The van der Waals surface area contributed by atoms with Crippen molar-refractivity contribution in [2.45, 2.75) is 56.5 Å². The van der Waals surface area contributed by atoms with Crippen molar-refractivity contribution in [1.29, 1.82) is 0 Å². The van der Waals surface area contributed by atoms with E-state index in [4.69, 9.17) is 5.73 Å². The lowest BCUT2D eigenvalue weighted by Gasteiger charge is -2.36. The van der Waals surface area contributed by atoms with Crippen LogP contribution in [0.2, 0.25) is 0 Å². The second-order valence-corrected chi connectivity index (χ2v) is 6.33. The van der Waals surface area contributed by atoms with Crippen LogP contribution < -0.4 is 5.73 Å². The Balaban J connectivity index is 1.71. The molecule has 2 fully saturated rings. The quantitative estimate of drug-likeness (QED) is 0.810. The van der Waals surface area contributed by atoms with Crippen molar-refractivity contribution < 1.29 is 0 Å². The summed E-state index contributed by atoms with van der Waals surface area (Å²) in [4.78, 5) is 4.99. The predicted octanol–water partition coefficient (Wildman–Crippen LogP) is 1.67. The average Bonchev–Trinajstić information content (AvgIpc) is 2.75. The van der Waals surface area contributed by atoms with Gasteiger partial charge in [-0.3, -0.25) is 0 Å². The molecule has 1 heterocycles. The number of rotatable bonds is 4. The molecule has 2 rings (SSSR count). The smallest absolute Gasteiger partial charge is 0.0166 e. The first-order chi connectivity index (χ1) is 8.09. The lowest BCUT2D eigenvalue weighted by molar-refractivity contribution is 0.135. The molecule has 0 radical (unpaired) electrons. The fourth-order valence-electron chi connectivity index (χ4n) is 3.35. The standard InChI is InChI=1S/C14H29N3/c1-16-10-5-13(6-11-16)17(2)12-9-14(15)7-3-4-8-14/h13H,3-12,15H2,1-2H3. The van der Waals surface area contributed by atoms with Gasteiger partial charge in [0.25, 0.3) is 0 Å². The van der Waals surface area contributed by atoms with Gasteiger partial charge in [0.05, 0.1) is 0 Å². The Morgan fingerprint density at radius 3 is 2.41 bits per heavy atom. The molecule has 0 amide bonds. The zero-order chi connectivity index (χ0) is 12.3. The average molecular weight is 239 g/mol. The Hall–Kier alpha value is -0.120. The van der Waals surface area contributed by atoms with E-state index in [1.165, 1.54) is 64.6 Å². The molecule has 100 valence electrons. The summed E-state index contributed by atoms with van der Waals surface area (Å²) in [5.41, 5.74) is 6.59. The van der Waals surface area contributed by atoms with Crippen LogP contribution in [0.1, 0.15) is 44.9 Å². The summed E-state index contributed by atoms with van der Waals surface area (Å²) >= 11 is 0. The van der Waals surface area contributed by atoms with Gasteiger partial charge in [-0.25, -0.2) is 0 Å². The Bertz CT molecular complexity index is 228. The van der Waals surface area contributed by atoms with Gasteiger partial charge in [-0.2, -0.15) is 0 Å². The highest BCUT2D eigenvalue weighted by molar-refractivity contribution is 4.90. The molecular formula is C14H29N3. The maximum Gasteiger partial charge on any atom is 0.0166 e. The fourth-order valence-corrected chi connectivity index (χ4v) is 3.35. The van der Waals surface area contributed by atoms with Gasteiger partial charge < -0.3 is 15.5 Å². The zero-order valence-corrected chi connectivity index (χ0v) is 11.6. The van der Waals surface area contributed by atoms with Crippen LogP contribution in [-0.2, 0) is 0 Å². The molecular weight excluding hydrogens is 210 g/mol. The molecule has 1 saturated carbocycles. The third-order valence-electron chi connectivity index (χ3n) is 4.87. The van der Waals surface area contributed by atoms with E-state index in [9.17, 15) is 0 Å². The maximum atomic E-state index is 6.42. The van der Waals surface area contributed by atoms with E-state index in [1.807, 2.05) is 0 Å². The van der Waals surface area contributed by atoms with Crippen LogP contribution in [0.25, 0.3) is 0 Å². The van der Waals surface area contributed by atoms with Crippen LogP contribution in [-0.4, -0.2) is 55.1 Å². The lowest BCUT2D eigenvalue weighted by Crippen LogP contribution is -2.45. The molecule has 0 atom stereocenters. The van der Waals surface area contributed by atoms with Crippen molar-refractivity contribution in [3.8, 4) is 0 Å². The normalized spacial score (nSPS) is 26.8. The maximum absolute atomic E-state index is 6.42. The highest BCUT2D eigenvalue weighted by Gasteiger charge is 2.30. The van der Waals surface area contributed by atoms with Crippen LogP contribution in [0.5, 0.6) is 0 Å². The van der Waals surface area contributed by atoms with Gasteiger partial charge in [0, 0.05) is 11.6 Å². The van der Waals surface area contributed by atoms with Crippen molar-refractivity contribution in [2.24, 2.45) is 5.73 Å². The minimum atomic E-state index is 0.166. The van der Waals surface area contributed by atoms with E-state index in [-0.39, 0.29) is 5.54 Å². The Kier molecular flexibility index (Phi) is 4.45. The molecule has 0 aromatic heterocycles. The molecule has 1 aliphatic heterocycles. The highest BCUT2D eigenvalue weighted by atomic mass is 15.2. The summed E-state index contributed by atoms with van der Waals surface area (Å²) in [5, 5.41) is 0. The Labute approximate surface area is 106 Å². The minimum absolute atomic E-state index is 0.166. The van der Waals surface area contributed by atoms with E-state index in [1.54, 1.807) is 0 Å². The van der Waals surface area contributed by atoms with Crippen molar-refractivity contribution in [3.05, 3.63) is 0 Å². The molecule has 3 nitrogen and oxygen atoms in total. The van der Waals surface area contributed by atoms with Gasteiger partial charge in [-0.1, -0.05) is 12.8 Å². The zero-order valence-electron chi connectivity index (χ0n) is 11.6. The first-order valence-corrected chi connectivity index (χ1v) is 7.27. The topological polar surface area (TPSA) is 32.5 Å². The monoisotopic (exact) mass is 239 g/mol. The second kappa shape index (κ2) is 5.68. The van der Waals surface area contributed by atoms with Gasteiger partial charge in [-0.05, 0) is 65.8 Å². The summed E-state index contributed by atoms with van der Waals surface area (Å²) in [7, 11) is 4.51. The predicted molar refractivity (Wildman–Crippen MR) is 73.2 cm³/mol. The van der Waals surface area contributed by atoms with Gasteiger partial charge in [0.2, 0.25) is 0 Å². The van der Waals surface area contributed by atoms with Crippen molar-refractivity contribution in [2.75, 3.05) is 33.7 Å². The molecule has 2 aliphatic rings.